The van der Waals surface area contributed by atoms with Crippen LogP contribution < -0.4 is 4.90 Å². The highest BCUT2D eigenvalue weighted by Crippen LogP contribution is 2.38. The number of rotatable bonds is 4. The first-order valence-corrected chi connectivity index (χ1v) is 9.34. The van der Waals surface area contributed by atoms with E-state index in [1.807, 2.05) is 40.7 Å². The molecule has 5 heteroatoms. The van der Waals surface area contributed by atoms with Gasteiger partial charge < -0.3 is 4.74 Å². The molecule has 2 heterocycles. The molecule has 0 spiro atoms. The highest BCUT2D eigenvalue weighted by Gasteiger charge is 2.34. The van der Waals surface area contributed by atoms with Gasteiger partial charge >= 0.3 is 6.09 Å². The maximum atomic E-state index is 12.8. The van der Waals surface area contributed by atoms with E-state index in [1.165, 1.54) is 6.42 Å². The smallest absolute Gasteiger partial charge is 0.416 e. The highest BCUT2D eigenvalue weighted by atomic mass is 16.6. The summed E-state index contributed by atoms with van der Waals surface area (Å²) in [6.07, 6.45) is 3.69. The standard InChI is InChI=1S/C20H33N3O2/c1-14(2)22-13-9-11-17(22)16-10-8-12-21-18(16)23(15(3)4)19(24)25-20(5,6)7/h8,10,12,14-15,17H,9,11,13H2,1-7H3. The number of ether oxygens (including phenoxy) is 1. The Hall–Kier alpha value is -1.62. The first kappa shape index (κ1) is 19.7. The van der Waals surface area contributed by atoms with Gasteiger partial charge in [-0.2, -0.15) is 0 Å². The number of amides is 1. The molecule has 1 aromatic heterocycles. The summed E-state index contributed by atoms with van der Waals surface area (Å²) in [4.78, 5) is 21.6. The molecule has 0 aliphatic carbocycles. The van der Waals surface area contributed by atoms with Gasteiger partial charge in [0, 0.05) is 29.9 Å². The minimum Gasteiger partial charge on any atom is -0.443 e. The van der Waals surface area contributed by atoms with Gasteiger partial charge in [-0.25, -0.2) is 9.78 Å². The molecule has 5 nitrogen and oxygen atoms in total. The van der Waals surface area contributed by atoms with Crippen LogP contribution in [0.15, 0.2) is 18.3 Å². The number of nitrogens with zero attached hydrogens (tertiary/aromatic N) is 3. The van der Waals surface area contributed by atoms with Crippen molar-refractivity contribution >= 4 is 11.9 Å². The minimum atomic E-state index is -0.531. The second kappa shape index (κ2) is 7.73. The molecule has 25 heavy (non-hydrogen) atoms. The lowest BCUT2D eigenvalue weighted by molar-refractivity contribution is 0.0568. The molecule has 1 atom stereocenters. The molecule has 1 saturated heterocycles. The number of hydrogen-bond acceptors (Lipinski definition) is 4. The van der Waals surface area contributed by atoms with Crippen LogP contribution >= 0.6 is 0 Å². The fraction of sp³-hybridized carbons (Fsp3) is 0.700. The molecule has 140 valence electrons. The van der Waals surface area contributed by atoms with Crippen LogP contribution in [0.25, 0.3) is 0 Å². The van der Waals surface area contributed by atoms with E-state index in [0.717, 1.165) is 24.3 Å². The molecule has 0 saturated carbocycles. The summed E-state index contributed by atoms with van der Waals surface area (Å²) in [7, 11) is 0. The van der Waals surface area contributed by atoms with Gasteiger partial charge in [0.1, 0.15) is 11.4 Å². The van der Waals surface area contributed by atoms with Gasteiger partial charge in [0.15, 0.2) is 0 Å². The predicted molar refractivity (Wildman–Crippen MR) is 102 cm³/mol. The Balaban J connectivity index is 2.41. The third kappa shape index (κ3) is 4.72. The Kier molecular flexibility index (Phi) is 6.09. The highest BCUT2D eigenvalue weighted by molar-refractivity contribution is 5.88. The van der Waals surface area contributed by atoms with Gasteiger partial charge in [0.05, 0.1) is 0 Å². The second-order valence-corrected chi connectivity index (χ2v) is 8.35. The van der Waals surface area contributed by atoms with Crippen molar-refractivity contribution in [2.45, 2.75) is 85.0 Å². The largest absolute Gasteiger partial charge is 0.443 e. The van der Waals surface area contributed by atoms with E-state index in [-0.39, 0.29) is 12.1 Å². The molecule has 1 fully saturated rings. The molecule has 1 aliphatic heterocycles. The summed E-state index contributed by atoms with van der Waals surface area (Å²) in [6, 6.07) is 4.80. The molecule has 1 aliphatic rings. The summed E-state index contributed by atoms with van der Waals surface area (Å²) in [6.45, 7) is 15.2. The number of hydrogen-bond donors (Lipinski definition) is 0. The molecule has 0 N–H and O–H groups in total. The number of aromatic nitrogens is 1. The molecule has 1 aromatic rings. The predicted octanol–water partition coefficient (Wildman–Crippen LogP) is 4.78. The Morgan fingerprint density at radius 3 is 2.56 bits per heavy atom. The summed E-state index contributed by atoms with van der Waals surface area (Å²) in [5, 5.41) is 0. The summed E-state index contributed by atoms with van der Waals surface area (Å²) in [5.41, 5.74) is 0.588. The number of pyridine rings is 1. The quantitative estimate of drug-likeness (QED) is 0.786. The van der Waals surface area contributed by atoms with E-state index in [1.54, 1.807) is 11.1 Å². The maximum absolute atomic E-state index is 12.8. The van der Waals surface area contributed by atoms with E-state index in [2.05, 4.69) is 29.8 Å². The van der Waals surface area contributed by atoms with Crippen molar-refractivity contribution in [3.63, 3.8) is 0 Å². The van der Waals surface area contributed by atoms with E-state index < -0.39 is 5.60 Å². The van der Waals surface area contributed by atoms with Gasteiger partial charge in [0.25, 0.3) is 0 Å². The zero-order valence-corrected chi connectivity index (χ0v) is 16.7. The zero-order chi connectivity index (χ0) is 18.8. The van der Waals surface area contributed by atoms with Crippen LogP contribution in [0.1, 0.15) is 72.9 Å². The fourth-order valence-electron chi connectivity index (χ4n) is 3.46. The topological polar surface area (TPSA) is 45.7 Å². The van der Waals surface area contributed by atoms with Crippen LogP contribution in [-0.2, 0) is 4.74 Å². The second-order valence-electron chi connectivity index (χ2n) is 8.35. The Bertz CT molecular complexity index is 593. The maximum Gasteiger partial charge on any atom is 0.416 e. The van der Waals surface area contributed by atoms with E-state index in [4.69, 9.17) is 4.74 Å². The van der Waals surface area contributed by atoms with Crippen molar-refractivity contribution < 1.29 is 9.53 Å². The Morgan fingerprint density at radius 1 is 1.32 bits per heavy atom. The van der Waals surface area contributed by atoms with Crippen molar-refractivity contribution in [2.75, 3.05) is 11.4 Å². The van der Waals surface area contributed by atoms with Gasteiger partial charge in [0.2, 0.25) is 0 Å². The van der Waals surface area contributed by atoms with E-state index in [9.17, 15) is 4.79 Å². The van der Waals surface area contributed by atoms with Crippen molar-refractivity contribution in [1.29, 1.82) is 0 Å². The summed E-state index contributed by atoms with van der Waals surface area (Å²) < 4.78 is 5.64. The van der Waals surface area contributed by atoms with Crippen LogP contribution in [0, 0.1) is 0 Å². The van der Waals surface area contributed by atoms with Gasteiger partial charge in [-0.05, 0) is 73.9 Å². The van der Waals surface area contributed by atoms with Crippen LogP contribution in [-0.4, -0.2) is 40.2 Å². The monoisotopic (exact) mass is 347 g/mol. The average Bonchev–Trinajstić information content (AvgIpc) is 2.95. The average molecular weight is 348 g/mol. The molecular formula is C20H33N3O2. The van der Waals surface area contributed by atoms with Crippen molar-refractivity contribution in [3.8, 4) is 0 Å². The number of anilines is 1. The molecule has 0 radical (unpaired) electrons. The summed E-state index contributed by atoms with van der Waals surface area (Å²) >= 11 is 0. The lowest BCUT2D eigenvalue weighted by Gasteiger charge is -2.34. The van der Waals surface area contributed by atoms with Crippen LogP contribution in [0.2, 0.25) is 0 Å². The van der Waals surface area contributed by atoms with E-state index >= 15 is 0 Å². The SMILES string of the molecule is CC(C)N(C(=O)OC(C)(C)C)c1ncccc1C1CCCN1C(C)C. The third-order valence-corrected chi connectivity index (χ3v) is 4.47. The van der Waals surface area contributed by atoms with Gasteiger partial charge in [-0.15, -0.1) is 0 Å². The Morgan fingerprint density at radius 2 is 2.00 bits per heavy atom. The molecule has 1 unspecified atom stereocenters. The Labute approximate surface area is 152 Å². The number of carbonyl (C=O) groups excluding carboxylic acids is 1. The van der Waals surface area contributed by atoms with Crippen molar-refractivity contribution in [3.05, 3.63) is 23.9 Å². The molecule has 0 aromatic carbocycles. The van der Waals surface area contributed by atoms with Crippen LogP contribution in [0.5, 0.6) is 0 Å². The normalized spacial score (nSPS) is 18.8. The third-order valence-electron chi connectivity index (χ3n) is 4.47. The fourth-order valence-corrected chi connectivity index (χ4v) is 3.46. The molecular weight excluding hydrogens is 314 g/mol. The lowest BCUT2D eigenvalue weighted by Crippen LogP contribution is -2.42. The minimum absolute atomic E-state index is 0.0302. The first-order chi connectivity index (χ1) is 11.6. The van der Waals surface area contributed by atoms with Crippen molar-refractivity contribution in [1.82, 2.24) is 9.88 Å². The van der Waals surface area contributed by atoms with Crippen molar-refractivity contribution in [2.24, 2.45) is 0 Å². The van der Waals surface area contributed by atoms with Gasteiger partial charge in [-0.1, -0.05) is 6.07 Å². The zero-order valence-electron chi connectivity index (χ0n) is 16.7. The van der Waals surface area contributed by atoms with E-state index in [0.29, 0.717) is 12.1 Å². The molecule has 2 rings (SSSR count). The van der Waals surface area contributed by atoms with Crippen LogP contribution in [0.3, 0.4) is 0 Å². The molecule has 0 bridgehead atoms. The number of carbonyl (C=O) groups is 1. The number of likely N-dealkylation sites (tertiary alicyclic amines) is 1. The van der Waals surface area contributed by atoms with Gasteiger partial charge in [-0.3, -0.25) is 9.80 Å². The van der Waals surface area contributed by atoms with Crippen LogP contribution in [0.4, 0.5) is 10.6 Å². The molecule has 1 amide bonds. The lowest BCUT2D eigenvalue weighted by atomic mass is 10.0. The summed E-state index contributed by atoms with van der Waals surface area (Å²) in [5.74, 6) is 0.726. The first-order valence-electron chi connectivity index (χ1n) is 9.34.